The summed E-state index contributed by atoms with van der Waals surface area (Å²) in [4.78, 5) is 7.99. The molecule has 0 aliphatic heterocycles. The van der Waals surface area contributed by atoms with Gasteiger partial charge < -0.3 is 4.52 Å². The fraction of sp³-hybridized carbons (Fsp3) is 0. The Balaban J connectivity index is 2.45. The molecule has 5 heteroatoms. The number of aromatic nitrogens is 3. The van der Waals surface area contributed by atoms with Crippen molar-refractivity contribution in [2.75, 3.05) is 0 Å². The molecule has 2 aromatic rings. The first kappa shape index (κ1) is 7.66. The molecule has 12 heavy (non-hydrogen) atoms. The summed E-state index contributed by atoms with van der Waals surface area (Å²) in [6.45, 7) is 0. The predicted molar refractivity (Wildman–Crippen MR) is 50.2 cm³/mol. The van der Waals surface area contributed by atoms with E-state index in [1.165, 1.54) is 0 Å². The third-order valence-corrected chi connectivity index (χ3v) is 1.75. The van der Waals surface area contributed by atoms with Crippen LogP contribution in [-0.2, 0) is 0 Å². The topological polar surface area (TPSA) is 51.8 Å². The van der Waals surface area contributed by atoms with Gasteiger partial charge in [0.15, 0.2) is 0 Å². The van der Waals surface area contributed by atoms with Crippen molar-refractivity contribution in [2.24, 2.45) is 0 Å². The maximum Gasteiger partial charge on any atom is 0.260 e. The highest BCUT2D eigenvalue weighted by molar-refractivity contribution is 14.1. The molecule has 2 aromatic heterocycles. The molecule has 0 bridgehead atoms. The van der Waals surface area contributed by atoms with Crippen LogP contribution >= 0.6 is 22.6 Å². The Hall–Kier alpha value is -0.980. The molecule has 60 valence electrons. The molecule has 0 N–H and O–H groups in total. The summed E-state index contributed by atoms with van der Waals surface area (Å²) in [6, 6.07) is 3.70. The largest absolute Gasteiger partial charge is 0.333 e. The van der Waals surface area contributed by atoms with Crippen LogP contribution in [0.4, 0.5) is 0 Å². The van der Waals surface area contributed by atoms with Gasteiger partial charge >= 0.3 is 0 Å². The molecule has 2 heterocycles. The van der Waals surface area contributed by atoms with E-state index in [0.29, 0.717) is 9.72 Å². The van der Waals surface area contributed by atoms with Crippen molar-refractivity contribution in [3.05, 3.63) is 28.4 Å². The minimum atomic E-state index is 0.507. The molecule has 2 rings (SSSR count). The Morgan fingerprint density at radius 1 is 1.42 bits per heavy atom. The number of rotatable bonds is 1. The molecular formula is C7H4IN3O. The Morgan fingerprint density at radius 2 is 2.33 bits per heavy atom. The normalized spacial score (nSPS) is 10.1. The molecule has 4 nitrogen and oxygen atoms in total. The molecule has 0 aliphatic rings. The highest BCUT2D eigenvalue weighted by Gasteiger charge is 2.04. The van der Waals surface area contributed by atoms with E-state index in [1.54, 1.807) is 12.4 Å². The second-order valence-electron chi connectivity index (χ2n) is 2.11. The maximum atomic E-state index is 4.94. The van der Waals surface area contributed by atoms with Gasteiger partial charge in [-0.25, -0.2) is 0 Å². The average Bonchev–Trinajstić information content (AvgIpc) is 2.54. The number of hydrogen-bond donors (Lipinski definition) is 0. The summed E-state index contributed by atoms with van der Waals surface area (Å²) in [5, 5.41) is 3.67. The molecule has 0 radical (unpaired) electrons. The van der Waals surface area contributed by atoms with E-state index in [9.17, 15) is 0 Å². The van der Waals surface area contributed by atoms with Gasteiger partial charge in [0, 0.05) is 35.0 Å². The van der Waals surface area contributed by atoms with Crippen LogP contribution in [0.5, 0.6) is 0 Å². The molecule has 0 saturated carbocycles. The molecule has 0 spiro atoms. The predicted octanol–water partition coefficient (Wildman–Crippen LogP) is 1.74. The smallest absolute Gasteiger partial charge is 0.260 e. The van der Waals surface area contributed by atoms with Gasteiger partial charge in [-0.15, -0.1) is 0 Å². The van der Waals surface area contributed by atoms with Crippen molar-refractivity contribution in [3.8, 4) is 11.5 Å². The summed E-state index contributed by atoms with van der Waals surface area (Å²) in [6.07, 6.45) is 3.38. The highest BCUT2D eigenvalue weighted by Crippen LogP contribution is 2.15. The third-order valence-electron chi connectivity index (χ3n) is 1.31. The Bertz CT molecular complexity index is 373. The number of hydrogen-bond acceptors (Lipinski definition) is 4. The Labute approximate surface area is 82.2 Å². The van der Waals surface area contributed by atoms with Gasteiger partial charge in [0.2, 0.25) is 3.83 Å². The summed E-state index contributed by atoms with van der Waals surface area (Å²) >= 11 is 1.99. The lowest BCUT2D eigenvalue weighted by Gasteiger charge is -1.88. The SMILES string of the molecule is Ic1noc(-c2cccnc2)n1. The summed E-state index contributed by atoms with van der Waals surface area (Å²) in [5.74, 6) is 0.507. The zero-order valence-electron chi connectivity index (χ0n) is 5.94. The lowest BCUT2D eigenvalue weighted by Crippen LogP contribution is -1.78. The van der Waals surface area contributed by atoms with Crippen LogP contribution in [0.15, 0.2) is 29.0 Å². The van der Waals surface area contributed by atoms with Crippen molar-refractivity contribution in [3.63, 3.8) is 0 Å². The van der Waals surface area contributed by atoms with Gasteiger partial charge in [0.05, 0.1) is 5.56 Å². The Kier molecular flexibility index (Phi) is 2.03. The summed E-state index contributed by atoms with van der Waals surface area (Å²) in [5.41, 5.74) is 0.841. The lowest BCUT2D eigenvalue weighted by atomic mass is 10.3. The van der Waals surface area contributed by atoms with E-state index >= 15 is 0 Å². The molecule has 0 aromatic carbocycles. The second kappa shape index (κ2) is 3.18. The van der Waals surface area contributed by atoms with E-state index in [1.807, 2.05) is 34.7 Å². The van der Waals surface area contributed by atoms with Crippen LogP contribution in [0, 0.1) is 3.83 Å². The van der Waals surface area contributed by atoms with Gasteiger partial charge in [-0.05, 0) is 12.1 Å². The van der Waals surface area contributed by atoms with Crippen molar-refractivity contribution in [1.29, 1.82) is 0 Å². The first-order chi connectivity index (χ1) is 5.86. The zero-order valence-corrected chi connectivity index (χ0v) is 8.09. The summed E-state index contributed by atoms with van der Waals surface area (Å²) < 4.78 is 5.54. The van der Waals surface area contributed by atoms with Crippen LogP contribution in [0.1, 0.15) is 0 Å². The van der Waals surface area contributed by atoms with Crippen LogP contribution < -0.4 is 0 Å². The van der Waals surface area contributed by atoms with E-state index < -0.39 is 0 Å². The van der Waals surface area contributed by atoms with Crippen LogP contribution in [0.2, 0.25) is 0 Å². The van der Waals surface area contributed by atoms with E-state index in [4.69, 9.17) is 4.52 Å². The second-order valence-corrected chi connectivity index (χ2v) is 3.08. The number of nitrogens with zero attached hydrogens (tertiary/aromatic N) is 3. The Morgan fingerprint density at radius 3 is 2.92 bits per heavy atom. The van der Waals surface area contributed by atoms with Crippen molar-refractivity contribution in [2.45, 2.75) is 0 Å². The molecule has 0 atom stereocenters. The molecule has 0 unspecified atom stereocenters. The van der Waals surface area contributed by atoms with E-state index in [-0.39, 0.29) is 0 Å². The van der Waals surface area contributed by atoms with Gasteiger partial charge in [-0.3, -0.25) is 4.98 Å². The summed E-state index contributed by atoms with van der Waals surface area (Å²) in [7, 11) is 0. The maximum absolute atomic E-state index is 4.94. The monoisotopic (exact) mass is 273 g/mol. The van der Waals surface area contributed by atoms with Crippen LogP contribution in [0.25, 0.3) is 11.5 Å². The zero-order chi connectivity index (χ0) is 8.39. The molecule has 0 saturated heterocycles. The van der Waals surface area contributed by atoms with E-state index in [0.717, 1.165) is 5.56 Å². The van der Waals surface area contributed by atoms with Gasteiger partial charge in [-0.1, -0.05) is 5.16 Å². The molecule has 0 fully saturated rings. The van der Waals surface area contributed by atoms with Crippen LogP contribution in [-0.4, -0.2) is 15.1 Å². The minimum Gasteiger partial charge on any atom is -0.333 e. The number of pyridine rings is 1. The number of halogens is 1. The van der Waals surface area contributed by atoms with Crippen LogP contribution in [0.3, 0.4) is 0 Å². The van der Waals surface area contributed by atoms with Crippen molar-refractivity contribution >= 4 is 22.6 Å². The van der Waals surface area contributed by atoms with Gasteiger partial charge in [-0.2, -0.15) is 4.98 Å². The first-order valence-electron chi connectivity index (χ1n) is 3.26. The lowest BCUT2D eigenvalue weighted by molar-refractivity contribution is 0.425. The van der Waals surface area contributed by atoms with Crippen molar-refractivity contribution < 1.29 is 4.52 Å². The highest BCUT2D eigenvalue weighted by atomic mass is 127. The molecule has 0 amide bonds. The van der Waals surface area contributed by atoms with Gasteiger partial charge in [0.1, 0.15) is 0 Å². The van der Waals surface area contributed by atoms with E-state index in [2.05, 4.69) is 15.1 Å². The molecule has 0 aliphatic carbocycles. The fourth-order valence-corrected chi connectivity index (χ4v) is 1.13. The van der Waals surface area contributed by atoms with Crippen molar-refractivity contribution in [1.82, 2.24) is 15.1 Å². The standard InChI is InChI=1S/C7H4IN3O/c8-7-10-6(12-11-7)5-2-1-3-9-4-5/h1-4H. The third kappa shape index (κ3) is 1.45. The average molecular weight is 273 g/mol. The minimum absolute atomic E-state index is 0.507. The molecular weight excluding hydrogens is 269 g/mol. The quantitative estimate of drug-likeness (QED) is 0.742. The first-order valence-corrected chi connectivity index (χ1v) is 4.34. The van der Waals surface area contributed by atoms with Gasteiger partial charge in [0.25, 0.3) is 5.89 Å². The fourth-order valence-electron chi connectivity index (χ4n) is 0.812.